The van der Waals surface area contributed by atoms with Gasteiger partial charge in [0.05, 0.1) is 4.90 Å². The van der Waals surface area contributed by atoms with Crippen LogP contribution in [0.3, 0.4) is 0 Å². The van der Waals surface area contributed by atoms with Gasteiger partial charge in [-0.15, -0.1) is 0 Å². The van der Waals surface area contributed by atoms with Crippen molar-refractivity contribution in [2.24, 2.45) is 5.84 Å². The van der Waals surface area contributed by atoms with Gasteiger partial charge in [-0.25, -0.2) is 22.6 Å². The minimum atomic E-state index is -7.93. The summed E-state index contributed by atoms with van der Waals surface area (Å²) in [5.74, 6) is -32.0. The molecular weight excluding hydrogens is 679 g/mol. The maximum atomic E-state index is 15.1. The van der Waals surface area contributed by atoms with Crippen molar-refractivity contribution in [2.75, 3.05) is 0 Å². The van der Waals surface area contributed by atoms with Crippen molar-refractivity contribution in [2.45, 2.75) is 64.8 Å². The highest BCUT2D eigenvalue weighted by atomic mass is 32.2. The topological polar surface area (TPSA) is 72.2 Å². The summed E-state index contributed by atoms with van der Waals surface area (Å²) < 4.78 is 260. The molecule has 1 atom stereocenters. The van der Waals surface area contributed by atoms with Gasteiger partial charge in [0.15, 0.2) is 0 Å². The Kier molecular flexibility index (Phi) is 8.35. The molecule has 0 saturated heterocycles. The van der Waals surface area contributed by atoms with Crippen molar-refractivity contribution in [1.82, 2.24) is 5.43 Å². The molecule has 3 N–H and O–H groups in total. The van der Waals surface area contributed by atoms with Gasteiger partial charge in [-0.05, 0) is 40.3 Å². The molecule has 0 radical (unpaired) electrons. The zero-order chi connectivity index (χ0) is 34.3. The molecule has 0 amide bonds. The van der Waals surface area contributed by atoms with Crippen LogP contribution in [-0.4, -0.2) is 55.9 Å². The molecule has 22 heteroatoms. The van der Waals surface area contributed by atoms with Crippen molar-refractivity contribution in [1.29, 1.82) is 0 Å². The summed E-state index contributed by atoms with van der Waals surface area (Å²) in [6.07, 6.45) is -14.1. The quantitative estimate of drug-likeness (QED) is 0.135. The number of nitrogens with one attached hydrogen (secondary N) is 1. The predicted molar refractivity (Wildman–Crippen MR) is 114 cm³/mol. The molecule has 248 valence electrons. The fourth-order valence-electron chi connectivity index (χ4n) is 4.34. The number of rotatable bonds is 10. The maximum absolute atomic E-state index is 15.1. The third-order valence-electron chi connectivity index (χ3n) is 6.66. The van der Waals surface area contributed by atoms with Crippen molar-refractivity contribution in [3.8, 4) is 11.1 Å². The van der Waals surface area contributed by atoms with E-state index in [-0.39, 0.29) is 17.2 Å². The number of fused-ring (bicyclic) bond motifs is 3. The van der Waals surface area contributed by atoms with Gasteiger partial charge in [-0.2, -0.15) is 65.9 Å². The van der Waals surface area contributed by atoms with Crippen LogP contribution in [0.5, 0.6) is 0 Å². The summed E-state index contributed by atoms with van der Waals surface area (Å²) in [4.78, 5) is -2.77. The molecule has 0 bridgehead atoms. The summed E-state index contributed by atoms with van der Waals surface area (Å²) in [6.45, 7) is 0. The Morgan fingerprint density at radius 3 is 1.68 bits per heavy atom. The maximum Gasteiger partial charge on any atom is 0.460 e. The SMILES string of the molecule is NNC(c1c(S(=O)(=O)C(F)(F)C(F)(F)C(F)(F)C(F)(F)F)ccc2c1Cc1ccccc1-2)C(F)(F)C(F)(F)C(F)(F)C(F)F. The van der Waals surface area contributed by atoms with E-state index in [0.717, 1.165) is 12.1 Å². The Balaban J connectivity index is 2.45. The van der Waals surface area contributed by atoms with Crippen LogP contribution in [0.15, 0.2) is 41.3 Å². The molecule has 2 aromatic rings. The van der Waals surface area contributed by atoms with Gasteiger partial charge < -0.3 is 0 Å². The van der Waals surface area contributed by atoms with E-state index >= 15 is 8.78 Å². The zero-order valence-electron chi connectivity index (χ0n) is 20.6. The highest BCUT2D eigenvalue weighted by Crippen LogP contribution is 2.59. The van der Waals surface area contributed by atoms with E-state index in [1.54, 1.807) is 0 Å². The standard InChI is InChI=1S/C22H13F17N2O2S/c23-15(24)17(27,28)18(29,30)16(25,26)14(41-40)13-11-7-8-3-1-2-4-9(8)10(11)5-6-12(13)44(42,43)22(38,39)20(33,34)19(31,32)21(35,36)37/h1-6,14-15,41H,7,40H2. The summed E-state index contributed by atoms with van der Waals surface area (Å²) >= 11 is 0. The van der Waals surface area contributed by atoms with Crippen LogP contribution in [0.1, 0.15) is 22.7 Å². The van der Waals surface area contributed by atoms with Gasteiger partial charge in [0.2, 0.25) is 0 Å². The van der Waals surface area contributed by atoms with E-state index in [2.05, 4.69) is 0 Å². The Labute approximate surface area is 233 Å². The molecule has 0 heterocycles. The van der Waals surface area contributed by atoms with Crippen LogP contribution in [0, 0.1) is 0 Å². The van der Waals surface area contributed by atoms with Gasteiger partial charge >= 0.3 is 47.5 Å². The first-order valence-corrected chi connectivity index (χ1v) is 12.6. The van der Waals surface area contributed by atoms with E-state index in [1.807, 2.05) is 0 Å². The third-order valence-corrected chi connectivity index (χ3v) is 8.53. The first-order chi connectivity index (χ1) is 19.6. The minimum absolute atomic E-state index is 0.0808. The number of hydrogen-bond donors (Lipinski definition) is 2. The lowest BCUT2D eigenvalue weighted by Crippen LogP contribution is -2.64. The Morgan fingerprint density at radius 2 is 1.20 bits per heavy atom. The van der Waals surface area contributed by atoms with E-state index in [1.165, 1.54) is 12.1 Å². The lowest BCUT2D eigenvalue weighted by Gasteiger charge is -2.38. The van der Waals surface area contributed by atoms with Crippen molar-refractivity contribution in [3.05, 3.63) is 53.1 Å². The second-order valence-electron chi connectivity index (χ2n) is 9.22. The molecule has 1 aliphatic carbocycles. The molecule has 0 aromatic heterocycles. The van der Waals surface area contributed by atoms with Crippen LogP contribution in [-0.2, 0) is 16.3 Å². The van der Waals surface area contributed by atoms with Gasteiger partial charge in [0.25, 0.3) is 9.84 Å². The first kappa shape index (κ1) is 35.6. The molecule has 1 aliphatic rings. The largest absolute Gasteiger partial charge is 0.460 e. The Bertz CT molecular complexity index is 1540. The van der Waals surface area contributed by atoms with Crippen LogP contribution >= 0.6 is 0 Å². The van der Waals surface area contributed by atoms with Gasteiger partial charge in [-0.1, -0.05) is 30.3 Å². The molecule has 0 spiro atoms. The molecular formula is C22H13F17N2O2S. The number of sulfone groups is 1. The second-order valence-corrected chi connectivity index (χ2v) is 11.2. The zero-order valence-corrected chi connectivity index (χ0v) is 21.4. The summed E-state index contributed by atoms with van der Waals surface area (Å²) in [5.41, 5.74) is -3.59. The number of alkyl halides is 17. The number of halogens is 17. The Morgan fingerprint density at radius 1 is 0.682 bits per heavy atom. The summed E-state index contributed by atoms with van der Waals surface area (Å²) in [5, 5.41) is -7.60. The molecule has 44 heavy (non-hydrogen) atoms. The fourth-order valence-corrected chi connectivity index (χ4v) is 5.86. The van der Waals surface area contributed by atoms with Crippen molar-refractivity contribution < 1.29 is 83.1 Å². The van der Waals surface area contributed by atoms with Crippen LogP contribution in [0.2, 0.25) is 0 Å². The fraction of sp³-hybridized carbons (Fsp3) is 0.455. The third kappa shape index (κ3) is 4.60. The summed E-state index contributed by atoms with van der Waals surface area (Å²) in [6, 6.07) is 0.314. The van der Waals surface area contributed by atoms with Gasteiger partial charge in [0, 0.05) is 0 Å². The normalized spacial score (nSPS) is 16.2. The molecule has 3 rings (SSSR count). The lowest BCUT2D eigenvalue weighted by atomic mass is 9.88. The van der Waals surface area contributed by atoms with Crippen molar-refractivity contribution >= 4 is 9.84 Å². The number of hydrogen-bond acceptors (Lipinski definition) is 4. The minimum Gasteiger partial charge on any atom is -0.271 e. The van der Waals surface area contributed by atoms with E-state index in [9.17, 15) is 74.3 Å². The van der Waals surface area contributed by atoms with Gasteiger partial charge in [0.1, 0.15) is 6.04 Å². The summed E-state index contributed by atoms with van der Waals surface area (Å²) in [7, 11) is -7.86. The van der Waals surface area contributed by atoms with E-state index in [4.69, 9.17) is 5.84 Å². The molecule has 2 aromatic carbocycles. The molecule has 0 fully saturated rings. The van der Waals surface area contributed by atoms with E-state index < -0.39 is 91.4 Å². The first-order valence-electron chi connectivity index (χ1n) is 11.2. The molecule has 4 nitrogen and oxygen atoms in total. The molecule has 0 saturated carbocycles. The average molecular weight is 692 g/mol. The number of nitrogens with two attached hydrogens (primary N) is 1. The van der Waals surface area contributed by atoms with Crippen LogP contribution in [0.25, 0.3) is 11.1 Å². The van der Waals surface area contributed by atoms with Crippen LogP contribution < -0.4 is 11.3 Å². The van der Waals surface area contributed by atoms with Crippen molar-refractivity contribution in [3.63, 3.8) is 0 Å². The monoisotopic (exact) mass is 692 g/mol. The highest BCUT2D eigenvalue weighted by molar-refractivity contribution is 7.92. The Hall–Kier alpha value is -2.88. The number of hydrazine groups is 1. The highest BCUT2D eigenvalue weighted by Gasteiger charge is 2.85. The van der Waals surface area contributed by atoms with Gasteiger partial charge in [-0.3, -0.25) is 5.84 Å². The number of benzene rings is 2. The second kappa shape index (κ2) is 10.3. The molecule has 1 unspecified atom stereocenters. The van der Waals surface area contributed by atoms with E-state index in [0.29, 0.717) is 11.5 Å². The average Bonchev–Trinajstić information content (AvgIpc) is 3.26. The van der Waals surface area contributed by atoms with Crippen LogP contribution in [0.4, 0.5) is 74.6 Å². The predicted octanol–water partition coefficient (Wildman–Crippen LogP) is 7.13. The smallest absolute Gasteiger partial charge is 0.271 e. The lowest BCUT2D eigenvalue weighted by molar-refractivity contribution is -0.382. The molecule has 0 aliphatic heterocycles.